The highest BCUT2D eigenvalue weighted by atomic mass is 35.5. The summed E-state index contributed by atoms with van der Waals surface area (Å²) in [6, 6.07) is 24.6. The lowest BCUT2D eigenvalue weighted by Crippen LogP contribution is -2.32. The van der Waals surface area contributed by atoms with E-state index < -0.39 is 6.04 Å². The molecule has 1 unspecified atom stereocenters. The Balaban J connectivity index is 1.56. The summed E-state index contributed by atoms with van der Waals surface area (Å²) in [5, 5.41) is 13.4. The Labute approximate surface area is 228 Å². The van der Waals surface area contributed by atoms with E-state index in [0.29, 0.717) is 28.2 Å². The zero-order valence-electron chi connectivity index (χ0n) is 20.5. The number of thioether (sulfide) groups is 1. The number of nitrogens with one attached hydrogen (secondary N) is 1. The molecule has 5 aromatic rings. The summed E-state index contributed by atoms with van der Waals surface area (Å²) in [4.78, 5) is 13.1. The summed E-state index contributed by atoms with van der Waals surface area (Å²) in [5.74, 6) is 0.684. The molecule has 2 aromatic heterocycles. The van der Waals surface area contributed by atoms with Crippen molar-refractivity contribution >= 4 is 29.3 Å². The van der Waals surface area contributed by atoms with Crippen molar-refractivity contribution in [1.82, 2.24) is 20.1 Å². The maximum absolute atomic E-state index is 13.4. The van der Waals surface area contributed by atoms with Gasteiger partial charge in [0.1, 0.15) is 5.82 Å². The van der Waals surface area contributed by atoms with Gasteiger partial charge in [0.25, 0.3) is 5.91 Å². The number of nitrogens with zero attached hydrogens (tertiary/aromatic N) is 3. The van der Waals surface area contributed by atoms with Crippen LogP contribution in [0.1, 0.15) is 39.1 Å². The molecule has 9 heteroatoms. The minimum absolute atomic E-state index is 0.207. The molecule has 0 spiro atoms. The molecule has 0 aliphatic carbocycles. The van der Waals surface area contributed by atoms with Gasteiger partial charge in [0.05, 0.1) is 18.0 Å². The smallest absolute Gasteiger partial charge is 0.287 e. The first kappa shape index (κ1) is 25.8. The van der Waals surface area contributed by atoms with Crippen LogP contribution in [0.5, 0.6) is 0 Å². The first-order chi connectivity index (χ1) is 18.5. The Morgan fingerprint density at radius 2 is 1.82 bits per heavy atom. The van der Waals surface area contributed by atoms with Gasteiger partial charge in [-0.15, -0.1) is 10.2 Å². The van der Waals surface area contributed by atoms with Crippen molar-refractivity contribution in [1.29, 1.82) is 0 Å². The quantitative estimate of drug-likeness (QED) is 0.202. The molecule has 1 atom stereocenters. The number of amides is 1. The van der Waals surface area contributed by atoms with E-state index in [1.54, 1.807) is 24.3 Å². The van der Waals surface area contributed by atoms with Gasteiger partial charge < -0.3 is 9.73 Å². The molecule has 0 radical (unpaired) electrons. The molecule has 6 nitrogen and oxygen atoms in total. The molecule has 0 aliphatic heterocycles. The zero-order valence-corrected chi connectivity index (χ0v) is 22.0. The van der Waals surface area contributed by atoms with Crippen LogP contribution in [-0.4, -0.2) is 20.7 Å². The van der Waals surface area contributed by atoms with Gasteiger partial charge in [0.15, 0.2) is 16.7 Å². The van der Waals surface area contributed by atoms with Gasteiger partial charge in [-0.1, -0.05) is 71.9 Å². The third kappa shape index (κ3) is 5.98. The van der Waals surface area contributed by atoms with Crippen molar-refractivity contribution in [2.45, 2.75) is 30.3 Å². The number of benzene rings is 3. The van der Waals surface area contributed by atoms with E-state index in [-0.39, 0.29) is 17.5 Å². The van der Waals surface area contributed by atoms with Crippen LogP contribution >= 0.6 is 23.4 Å². The monoisotopic (exact) mass is 546 g/mol. The van der Waals surface area contributed by atoms with Crippen molar-refractivity contribution in [3.63, 3.8) is 0 Å². The predicted molar refractivity (Wildman–Crippen MR) is 146 cm³/mol. The number of carbonyl (C=O) groups is 1. The number of furan rings is 1. The fourth-order valence-corrected chi connectivity index (χ4v) is 5.15. The van der Waals surface area contributed by atoms with Crippen LogP contribution in [0, 0.1) is 12.7 Å². The average Bonchev–Trinajstić information content (AvgIpc) is 3.61. The molecule has 3 aromatic carbocycles. The predicted octanol–water partition coefficient (Wildman–Crippen LogP) is 6.97. The Hall–Kier alpha value is -3.88. The van der Waals surface area contributed by atoms with Gasteiger partial charge in [0, 0.05) is 10.8 Å². The molecule has 5 rings (SSSR count). The Kier molecular flexibility index (Phi) is 7.91. The second-order valence-corrected chi connectivity index (χ2v) is 10.1. The number of hydrogen-bond donors (Lipinski definition) is 1. The summed E-state index contributed by atoms with van der Waals surface area (Å²) in [6.07, 6.45) is 1.94. The van der Waals surface area contributed by atoms with Crippen LogP contribution in [-0.2, 0) is 12.2 Å². The van der Waals surface area contributed by atoms with Crippen LogP contribution in [0.25, 0.3) is 5.69 Å². The van der Waals surface area contributed by atoms with E-state index in [4.69, 9.17) is 16.0 Å². The van der Waals surface area contributed by atoms with E-state index in [1.807, 2.05) is 60.0 Å². The molecule has 0 aliphatic rings. The maximum Gasteiger partial charge on any atom is 0.287 e. The van der Waals surface area contributed by atoms with Crippen LogP contribution in [0.15, 0.2) is 101 Å². The van der Waals surface area contributed by atoms with Gasteiger partial charge in [0.2, 0.25) is 0 Å². The van der Waals surface area contributed by atoms with Crippen molar-refractivity contribution < 1.29 is 13.6 Å². The number of aromatic nitrogens is 3. The molecule has 0 fully saturated rings. The molecule has 0 saturated heterocycles. The molecule has 1 amide bonds. The summed E-state index contributed by atoms with van der Waals surface area (Å²) < 4.78 is 20.7. The van der Waals surface area contributed by atoms with Crippen LogP contribution < -0.4 is 5.32 Å². The Bertz CT molecular complexity index is 1520. The van der Waals surface area contributed by atoms with Crippen LogP contribution in [0.3, 0.4) is 0 Å². The highest BCUT2D eigenvalue weighted by molar-refractivity contribution is 7.98. The van der Waals surface area contributed by atoms with E-state index >= 15 is 0 Å². The van der Waals surface area contributed by atoms with E-state index in [1.165, 1.54) is 30.2 Å². The second-order valence-electron chi connectivity index (χ2n) is 8.72. The normalized spacial score (nSPS) is 11.9. The molecule has 38 heavy (non-hydrogen) atoms. The van der Waals surface area contributed by atoms with Crippen LogP contribution in [0.2, 0.25) is 5.02 Å². The van der Waals surface area contributed by atoms with Gasteiger partial charge >= 0.3 is 0 Å². The summed E-state index contributed by atoms with van der Waals surface area (Å²) in [7, 11) is 0. The van der Waals surface area contributed by atoms with E-state index in [9.17, 15) is 9.18 Å². The first-order valence-corrected chi connectivity index (χ1v) is 13.3. The average molecular weight is 547 g/mol. The lowest BCUT2D eigenvalue weighted by atomic mass is 10.0. The molecule has 0 bridgehead atoms. The van der Waals surface area contributed by atoms with E-state index in [2.05, 4.69) is 15.5 Å². The third-order valence-electron chi connectivity index (χ3n) is 6.00. The number of carbonyl (C=O) groups excluding carboxylic acids is 1. The lowest BCUT2D eigenvalue weighted by molar-refractivity contribution is 0.0906. The lowest BCUT2D eigenvalue weighted by Gasteiger charge is -2.21. The van der Waals surface area contributed by atoms with Crippen molar-refractivity contribution in [3.8, 4) is 5.69 Å². The zero-order chi connectivity index (χ0) is 26.5. The Morgan fingerprint density at radius 3 is 2.55 bits per heavy atom. The van der Waals surface area contributed by atoms with Crippen molar-refractivity contribution in [3.05, 3.63) is 130 Å². The summed E-state index contributed by atoms with van der Waals surface area (Å²) in [6.45, 7) is 1.98. The maximum atomic E-state index is 13.4. The van der Waals surface area contributed by atoms with Crippen molar-refractivity contribution in [2.75, 3.05) is 0 Å². The number of aryl methyl sites for hydroxylation is 1. The molecule has 2 heterocycles. The second kappa shape index (κ2) is 11.7. The minimum atomic E-state index is -0.527. The molecule has 0 saturated carbocycles. The molecular formula is C29H24ClFN4O2S. The minimum Gasteiger partial charge on any atom is -0.459 e. The molecular weight excluding hydrogens is 523 g/mol. The number of rotatable bonds is 9. The van der Waals surface area contributed by atoms with Gasteiger partial charge in [-0.25, -0.2) is 4.39 Å². The fraction of sp³-hybridized carbons (Fsp3) is 0.138. The van der Waals surface area contributed by atoms with Gasteiger partial charge in [-0.05, 0) is 66.4 Å². The highest BCUT2D eigenvalue weighted by Gasteiger charge is 2.27. The molecule has 192 valence electrons. The largest absolute Gasteiger partial charge is 0.459 e. The Morgan fingerprint density at radius 1 is 1.03 bits per heavy atom. The number of hydrogen-bond acceptors (Lipinski definition) is 5. The van der Waals surface area contributed by atoms with E-state index in [0.717, 1.165) is 22.4 Å². The fourth-order valence-electron chi connectivity index (χ4n) is 4.07. The standard InChI is InChI=1S/C29H24ClFN4O2S/c1-19-9-12-22(30)17-25(19)35-27(33-34-29(35)38-18-21-10-13-23(31)14-11-21)24(16-20-6-3-2-4-7-20)32-28(36)26-8-5-15-37-26/h2-15,17,24H,16,18H2,1H3,(H,32,36). The third-order valence-corrected chi connectivity index (χ3v) is 7.23. The topological polar surface area (TPSA) is 73.0 Å². The number of halogens is 2. The molecule has 1 N–H and O–H groups in total. The van der Waals surface area contributed by atoms with Gasteiger partial charge in [-0.2, -0.15) is 0 Å². The van der Waals surface area contributed by atoms with Crippen LogP contribution in [0.4, 0.5) is 4.39 Å². The SMILES string of the molecule is Cc1ccc(Cl)cc1-n1c(SCc2ccc(F)cc2)nnc1C(Cc1ccccc1)NC(=O)c1ccco1. The van der Waals surface area contributed by atoms with Crippen molar-refractivity contribution in [2.24, 2.45) is 0 Å². The summed E-state index contributed by atoms with van der Waals surface area (Å²) >= 11 is 7.88. The highest BCUT2D eigenvalue weighted by Crippen LogP contribution is 2.31. The van der Waals surface area contributed by atoms with Gasteiger partial charge in [-0.3, -0.25) is 9.36 Å². The summed E-state index contributed by atoms with van der Waals surface area (Å²) in [5.41, 5.74) is 3.75. The first-order valence-electron chi connectivity index (χ1n) is 12.0.